The zero-order valence-corrected chi connectivity index (χ0v) is 8.84. The lowest BCUT2D eigenvalue weighted by molar-refractivity contribution is 1.31. The highest BCUT2D eigenvalue weighted by Crippen LogP contribution is 2.25. The molecule has 0 atom stereocenters. The maximum absolute atomic E-state index is 5.06. The third-order valence-electron chi connectivity index (χ3n) is 1.77. The molecule has 2 aromatic heterocycles. The van der Waals surface area contributed by atoms with Gasteiger partial charge in [-0.05, 0) is 31.2 Å². The minimum absolute atomic E-state index is 0.781. The van der Waals surface area contributed by atoms with Gasteiger partial charge in [-0.1, -0.05) is 18.3 Å². The van der Waals surface area contributed by atoms with Gasteiger partial charge in [0.2, 0.25) is 0 Å². The number of nitrogens with one attached hydrogen (secondary N) is 1. The first-order valence-corrected chi connectivity index (χ1v) is 5.24. The SMILES string of the molecule is Cc1ccc(-c2cccc(=S)[nH]2)s1. The number of H-pyrrole nitrogens is 1. The molecular weight excluding hydrogens is 198 g/mol. The number of thiophene rings is 1. The van der Waals surface area contributed by atoms with E-state index in [1.54, 1.807) is 11.3 Å². The smallest absolute Gasteiger partial charge is 0.103 e. The third-order valence-corrected chi connectivity index (χ3v) is 3.05. The van der Waals surface area contributed by atoms with E-state index < -0.39 is 0 Å². The molecule has 1 nitrogen and oxygen atoms in total. The molecule has 3 heteroatoms. The van der Waals surface area contributed by atoms with Crippen LogP contribution in [0.5, 0.6) is 0 Å². The zero-order valence-electron chi connectivity index (χ0n) is 7.20. The molecule has 0 aliphatic carbocycles. The van der Waals surface area contributed by atoms with E-state index >= 15 is 0 Å². The van der Waals surface area contributed by atoms with Crippen LogP contribution in [0.15, 0.2) is 30.3 Å². The molecule has 0 aromatic carbocycles. The Morgan fingerprint density at radius 3 is 2.69 bits per heavy atom. The summed E-state index contributed by atoms with van der Waals surface area (Å²) in [6.45, 7) is 2.10. The van der Waals surface area contributed by atoms with Crippen LogP contribution in [0.1, 0.15) is 4.88 Å². The van der Waals surface area contributed by atoms with Crippen molar-refractivity contribution in [2.24, 2.45) is 0 Å². The van der Waals surface area contributed by atoms with E-state index in [0.717, 1.165) is 10.3 Å². The van der Waals surface area contributed by atoms with E-state index in [2.05, 4.69) is 24.0 Å². The molecule has 0 aliphatic heterocycles. The average molecular weight is 207 g/mol. The minimum Gasteiger partial charge on any atom is -0.345 e. The first-order chi connectivity index (χ1) is 6.25. The fourth-order valence-electron chi connectivity index (χ4n) is 1.17. The first-order valence-electron chi connectivity index (χ1n) is 4.02. The van der Waals surface area contributed by atoms with Crippen LogP contribution in [0.25, 0.3) is 10.6 Å². The van der Waals surface area contributed by atoms with Crippen molar-refractivity contribution >= 4 is 23.6 Å². The molecule has 0 aliphatic rings. The molecular formula is C10H9NS2. The topological polar surface area (TPSA) is 15.8 Å². The van der Waals surface area contributed by atoms with E-state index in [9.17, 15) is 0 Å². The molecule has 1 N–H and O–H groups in total. The number of aromatic nitrogens is 1. The van der Waals surface area contributed by atoms with Crippen LogP contribution in [0, 0.1) is 11.6 Å². The third kappa shape index (κ3) is 1.87. The molecule has 0 radical (unpaired) electrons. The lowest BCUT2D eigenvalue weighted by atomic mass is 10.3. The summed E-state index contributed by atoms with van der Waals surface area (Å²) in [4.78, 5) is 5.72. The molecule has 2 rings (SSSR count). The van der Waals surface area contributed by atoms with Crippen molar-refractivity contribution in [3.8, 4) is 10.6 Å². The fourth-order valence-corrected chi connectivity index (χ4v) is 2.21. The highest BCUT2D eigenvalue weighted by Gasteiger charge is 1.99. The second-order valence-corrected chi connectivity index (χ2v) is 4.57. The van der Waals surface area contributed by atoms with Gasteiger partial charge in [0.05, 0.1) is 10.6 Å². The van der Waals surface area contributed by atoms with Crippen molar-refractivity contribution in [3.05, 3.63) is 39.8 Å². The molecule has 0 bridgehead atoms. The van der Waals surface area contributed by atoms with Crippen LogP contribution < -0.4 is 0 Å². The Kier molecular flexibility index (Phi) is 2.29. The summed E-state index contributed by atoms with van der Waals surface area (Å²) < 4.78 is 0.781. The number of pyridine rings is 1. The van der Waals surface area contributed by atoms with E-state index in [0.29, 0.717) is 0 Å². The lowest BCUT2D eigenvalue weighted by Crippen LogP contribution is -1.78. The van der Waals surface area contributed by atoms with Crippen LogP contribution in [0.2, 0.25) is 0 Å². The van der Waals surface area contributed by atoms with Gasteiger partial charge in [0.15, 0.2) is 0 Å². The van der Waals surface area contributed by atoms with Crippen LogP contribution in [-0.2, 0) is 0 Å². The second kappa shape index (κ2) is 3.44. The summed E-state index contributed by atoms with van der Waals surface area (Å²) in [5, 5.41) is 0. The Morgan fingerprint density at radius 1 is 1.23 bits per heavy atom. The standard InChI is InChI=1S/C10H9NS2/c1-7-5-6-9(13-7)8-3-2-4-10(12)11-8/h2-6H,1H3,(H,11,12). The molecule has 0 saturated carbocycles. The zero-order chi connectivity index (χ0) is 9.26. The summed E-state index contributed by atoms with van der Waals surface area (Å²) in [6.07, 6.45) is 0. The van der Waals surface area contributed by atoms with Gasteiger partial charge in [0, 0.05) is 4.88 Å². The number of aromatic amines is 1. The highest BCUT2D eigenvalue weighted by molar-refractivity contribution is 7.71. The highest BCUT2D eigenvalue weighted by atomic mass is 32.1. The van der Waals surface area contributed by atoms with Crippen molar-refractivity contribution in [3.63, 3.8) is 0 Å². The van der Waals surface area contributed by atoms with Crippen LogP contribution in [0.3, 0.4) is 0 Å². The Bertz CT molecular complexity index is 468. The minimum atomic E-state index is 0.781. The van der Waals surface area contributed by atoms with Gasteiger partial charge in [-0.15, -0.1) is 11.3 Å². The Hall–Kier alpha value is -0.930. The number of hydrogen-bond donors (Lipinski definition) is 1. The van der Waals surface area contributed by atoms with Crippen molar-refractivity contribution in [2.45, 2.75) is 6.92 Å². The van der Waals surface area contributed by atoms with Gasteiger partial charge in [-0.3, -0.25) is 0 Å². The Balaban J connectivity index is 2.52. The maximum Gasteiger partial charge on any atom is 0.103 e. The molecule has 66 valence electrons. The van der Waals surface area contributed by atoms with Gasteiger partial charge in [0.25, 0.3) is 0 Å². The van der Waals surface area contributed by atoms with Gasteiger partial charge >= 0.3 is 0 Å². The van der Waals surface area contributed by atoms with Crippen molar-refractivity contribution in [1.82, 2.24) is 4.98 Å². The first kappa shape index (κ1) is 8.66. The molecule has 0 amide bonds. The summed E-state index contributed by atoms with van der Waals surface area (Å²) >= 11 is 6.83. The van der Waals surface area contributed by atoms with Crippen LogP contribution in [0.4, 0.5) is 0 Å². The van der Waals surface area contributed by atoms with Gasteiger partial charge < -0.3 is 4.98 Å². The van der Waals surface area contributed by atoms with Gasteiger partial charge in [0.1, 0.15) is 4.64 Å². The summed E-state index contributed by atoms with van der Waals surface area (Å²) in [6, 6.07) is 10.1. The predicted octanol–water partition coefficient (Wildman–Crippen LogP) is 3.78. The summed E-state index contributed by atoms with van der Waals surface area (Å²) in [5.41, 5.74) is 1.10. The molecule has 13 heavy (non-hydrogen) atoms. The van der Waals surface area contributed by atoms with Crippen molar-refractivity contribution < 1.29 is 0 Å². The van der Waals surface area contributed by atoms with E-state index in [-0.39, 0.29) is 0 Å². The van der Waals surface area contributed by atoms with E-state index in [1.807, 2.05) is 18.2 Å². The molecule has 0 unspecified atom stereocenters. The molecule has 0 spiro atoms. The second-order valence-electron chi connectivity index (χ2n) is 2.84. The summed E-state index contributed by atoms with van der Waals surface area (Å²) in [5.74, 6) is 0. The Labute approximate surface area is 86.1 Å². The van der Waals surface area contributed by atoms with E-state index in [4.69, 9.17) is 12.2 Å². The quantitative estimate of drug-likeness (QED) is 0.704. The van der Waals surface area contributed by atoms with E-state index in [1.165, 1.54) is 9.75 Å². The molecule has 0 fully saturated rings. The normalized spacial score (nSPS) is 10.2. The average Bonchev–Trinajstić information content (AvgIpc) is 2.52. The largest absolute Gasteiger partial charge is 0.345 e. The fraction of sp³-hybridized carbons (Fsp3) is 0.100. The Morgan fingerprint density at radius 2 is 2.08 bits per heavy atom. The van der Waals surface area contributed by atoms with Crippen molar-refractivity contribution in [1.29, 1.82) is 0 Å². The lowest BCUT2D eigenvalue weighted by Gasteiger charge is -1.95. The van der Waals surface area contributed by atoms with Gasteiger partial charge in [-0.2, -0.15) is 0 Å². The number of hydrogen-bond acceptors (Lipinski definition) is 2. The predicted molar refractivity (Wildman–Crippen MR) is 59.7 cm³/mol. The maximum atomic E-state index is 5.06. The van der Waals surface area contributed by atoms with Crippen molar-refractivity contribution in [2.75, 3.05) is 0 Å². The summed E-state index contributed by atoms with van der Waals surface area (Å²) in [7, 11) is 0. The monoisotopic (exact) mass is 207 g/mol. The van der Waals surface area contributed by atoms with Crippen LogP contribution >= 0.6 is 23.6 Å². The number of rotatable bonds is 1. The molecule has 2 heterocycles. The molecule has 2 aromatic rings. The van der Waals surface area contributed by atoms with Gasteiger partial charge in [-0.25, -0.2) is 0 Å². The number of aryl methyl sites for hydroxylation is 1. The molecule has 0 saturated heterocycles. The van der Waals surface area contributed by atoms with Crippen LogP contribution in [-0.4, -0.2) is 4.98 Å².